The molecule has 0 aromatic heterocycles. The summed E-state index contributed by atoms with van der Waals surface area (Å²) in [6.45, 7) is 3.90. The van der Waals surface area contributed by atoms with Crippen molar-refractivity contribution in [2.24, 2.45) is 0 Å². The van der Waals surface area contributed by atoms with Crippen LogP contribution in [0.2, 0.25) is 0 Å². The zero-order valence-corrected chi connectivity index (χ0v) is 15.1. The molecule has 7 nitrogen and oxygen atoms in total. The number of benzene rings is 2. The Hall–Kier alpha value is -3.35. The molecular weight excluding hydrogens is 348 g/mol. The average Bonchev–Trinajstić information content (AvgIpc) is 2.63. The van der Waals surface area contributed by atoms with Crippen LogP contribution in [0.3, 0.4) is 0 Å². The smallest absolute Gasteiger partial charge is 0.338 e. The normalized spacial score (nSPS) is 15.2. The van der Waals surface area contributed by atoms with Gasteiger partial charge in [-0.2, -0.15) is 0 Å². The number of nitrogens with one attached hydrogen (secondary N) is 2. The van der Waals surface area contributed by atoms with Gasteiger partial charge in [0, 0.05) is 5.69 Å². The summed E-state index contributed by atoms with van der Waals surface area (Å²) in [7, 11) is 0. The Balaban J connectivity index is 1.64. The van der Waals surface area contributed by atoms with E-state index in [2.05, 4.69) is 10.6 Å². The van der Waals surface area contributed by atoms with Gasteiger partial charge in [0.15, 0.2) is 6.10 Å². The number of aryl methyl sites for hydroxylation is 1. The van der Waals surface area contributed by atoms with E-state index in [-0.39, 0.29) is 18.9 Å². The number of hydrogen-bond acceptors (Lipinski definition) is 5. The molecule has 2 aromatic carbocycles. The standard InChI is InChI=1S/C20H20N2O5/c1-3-26-20(25)13-5-4-6-14(10-13)21-18(23)11-17-19(24)22-15-9-12(2)7-8-16(15)27-17/h4-10,17H,3,11H2,1-2H3,(H,21,23)(H,22,24)/t17-/m0/s1. The maximum Gasteiger partial charge on any atom is 0.338 e. The topological polar surface area (TPSA) is 93.7 Å². The van der Waals surface area contributed by atoms with Gasteiger partial charge in [0.2, 0.25) is 5.91 Å². The van der Waals surface area contributed by atoms with Crippen LogP contribution in [0.4, 0.5) is 11.4 Å². The number of carbonyl (C=O) groups is 3. The molecule has 1 aliphatic heterocycles. The monoisotopic (exact) mass is 368 g/mol. The second kappa shape index (κ2) is 7.90. The summed E-state index contributed by atoms with van der Waals surface area (Å²) in [6.07, 6.45) is -1.07. The molecule has 1 atom stereocenters. The predicted molar refractivity (Wildman–Crippen MR) is 99.9 cm³/mol. The van der Waals surface area contributed by atoms with Gasteiger partial charge in [-0.3, -0.25) is 9.59 Å². The van der Waals surface area contributed by atoms with E-state index in [0.717, 1.165) is 5.56 Å². The first-order valence-corrected chi connectivity index (χ1v) is 8.61. The van der Waals surface area contributed by atoms with Gasteiger partial charge in [-0.05, 0) is 49.7 Å². The van der Waals surface area contributed by atoms with E-state index in [1.807, 2.05) is 19.1 Å². The number of amides is 2. The Kier molecular flexibility index (Phi) is 5.40. The van der Waals surface area contributed by atoms with Gasteiger partial charge in [0.05, 0.1) is 24.3 Å². The molecule has 140 valence electrons. The van der Waals surface area contributed by atoms with Crippen molar-refractivity contribution in [3.05, 3.63) is 53.6 Å². The maximum atomic E-state index is 12.3. The molecule has 0 unspecified atom stereocenters. The number of fused-ring (bicyclic) bond motifs is 1. The van der Waals surface area contributed by atoms with Crippen LogP contribution in [-0.2, 0) is 14.3 Å². The van der Waals surface area contributed by atoms with Crippen molar-refractivity contribution in [2.45, 2.75) is 26.4 Å². The predicted octanol–water partition coefficient (Wildman–Crippen LogP) is 2.90. The average molecular weight is 368 g/mol. The zero-order chi connectivity index (χ0) is 19.4. The number of carbonyl (C=O) groups excluding carboxylic acids is 3. The SMILES string of the molecule is CCOC(=O)c1cccc(NC(=O)C[C@@H]2Oc3ccc(C)cc3NC2=O)c1. The molecule has 0 aliphatic carbocycles. The zero-order valence-electron chi connectivity index (χ0n) is 15.1. The van der Waals surface area contributed by atoms with Crippen molar-refractivity contribution < 1.29 is 23.9 Å². The third-order valence-corrected chi connectivity index (χ3v) is 3.98. The summed E-state index contributed by atoms with van der Waals surface area (Å²) in [5.74, 6) is -0.701. The Morgan fingerprint density at radius 2 is 2.04 bits per heavy atom. The molecule has 0 fully saturated rings. The molecule has 2 amide bonds. The van der Waals surface area contributed by atoms with Crippen molar-refractivity contribution in [1.29, 1.82) is 0 Å². The van der Waals surface area contributed by atoms with Gasteiger partial charge in [0.1, 0.15) is 5.75 Å². The van der Waals surface area contributed by atoms with E-state index < -0.39 is 18.0 Å². The number of ether oxygens (including phenoxy) is 2. The number of esters is 1. The highest BCUT2D eigenvalue weighted by Crippen LogP contribution is 2.31. The summed E-state index contributed by atoms with van der Waals surface area (Å²) in [4.78, 5) is 36.3. The Morgan fingerprint density at radius 3 is 2.81 bits per heavy atom. The Morgan fingerprint density at radius 1 is 1.22 bits per heavy atom. The molecule has 1 heterocycles. The van der Waals surface area contributed by atoms with E-state index in [4.69, 9.17) is 9.47 Å². The highest BCUT2D eigenvalue weighted by molar-refractivity contribution is 6.02. The lowest BCUT2D eigenvalue weighted by molar-refractivity contribution is -0.128. The van der Waals surface area contributed by atoms with Crippen LogP contribution in [0, 0.1) is 6.92 Å². The summed E-state index contributed by atoms with van der Waals surface area (Å²) < 4.78 is 10.6. The summed E-state index contributed by atoms with van der Waals surface area (Å²) in [5, 5.41) is 5.43. The molecule has 0 radical (unpaired) electrons. The van der Waals surface area contributed by atoms with E-state index >= 15 is 0 Å². The first kappa shape index (κ1) is 18.4. The quantitative estimate of drug-likeness (QED) is 0.792. The first-order chi connectivity index (χ1) is 13.0. The van der Waals surface area contributed by atoms with Gasteiger partial charge < -0.3 is 20.1 Å². The Bertz CT molecular complexity index is 894. The van der Waals surface area contributed by atoms with E-state index in [9.17, 15) is 14.4 Å². The van der Waals surface area contributed by atoms with Crippen molar-refractivity contribution in [2.75, 3.05) is 17.2 Å². The fourth-order valence-corrected chi connectivity index (χ4v) is 2.72. The van der Waals surface area contributed by atoms with Crippen LogP contribution in [0.25, 0.3) is 0 Å². The molecule has 7 heteroatoms. The van der Waals surface area contributed by atoms with Gasteiger partial charge in [-0.15, -0.1) is 0 Å². The van der Waals surface area contributed by atoms with Crippen LogP contribution in [0.1, 0.15) is 29.3 Å². The lowest BCUT2D eigenvalue weighted by Gasteiger charge is -2.25. The minimum atomic E-state index is -0.923. The highest BCUT2D eigenvalue weighted by atomic mass is 16.5. The molecule has 27 heavy (non-hydrogen) atoms. The van der Waals surface area contributed by atoms with Crippen molar-refractivity contribution in [1.82, 2.24) is 0 Å². The molecule has 0 saturated carbocycles. The summed E-state index contributed by atoms with van der Waals surface area (Å²) in [5.41, 5.74) is 2.37. The van der Waals surface area contributed by atoms with Crippen LogP contribution < -0.4 is 15.4 Å². The molecule has 2 N–H and O–H groups in total. The largest absolute Gasteiger partial charge is 0.478 e. The minimum Gasteiger partial charge on any atom is -0.478 e. The lowest BCUT2D eigenvalue weighted by Crippen LogP contribution is -2.39. The van der Waals surface area contributed by atoms with Gasteiger partial charge in [0.25, 0.3) is 5.91 Å². The van der Waals surface area contributed by atoms with Crippen LogP contribution in [0.15, 0.2) is 42.5 Å². The molecule has 0 saturated heterocycles. The number of anilines is 2. The third kappa shape index (κ3) is 4.44. The third-order valence-electron chi connectivity index (χ3n) is 3.98. The fourth-order valence-electron chi connectivity index (χ4n) is 2.72. The molecule has 0 spiro atoms. The van der Waals surface area contributed by atoms with Gasteiger partial charge in [-0.1, -0.05) is 12.1 Å². The minimum absolute atomic E-state index is 0.150. The lowest BCUT2D eigenvalue weighted by atomic mass is 10.1. The van der Waals surface area contributed by atoms with Crippen molar-refractivity contribution in [3.8, 4) is 5.75 Å². The van der Waals surface area contributed by atoms with Crippen LogP contribution >= 0.6 is 0 Å². The summed E-state index contributed by atoms with van der Waals surface area (Å²) >= 11 is 0. The first-order valence-electron chi connectivity index (χ1n) is 8.61. The number of rotatable bonds is 5. The van der Waals surface area contributed by atoms with Crippen LogP contribution in [-0.4, -0.2) is 30.5 Å². The van der Waals surface area contributed by atoms with Gasteiger partial charge >= 0.3 is 5.97 Å². The van der Waals surface area contributed by atoms with Crippen molar-refractivity contribution >= 4 is 29.2 Å². The van der Waals surface area contributed by atoms with E-state index in [1.165, 1.54) is 6.07 Å². The van der Waals surface area contributed by atoms with Crippen molar-refractivity contribution in [3.63, 3.8) is 0 Å². The molecule has 3 rings (SSSR count). The second-order valence-corrected chi connectivity index (χ2v) is 6.15. The van der Waals surface area contributed by atoms with E-state index in [1.54, 1.807) is 31.2 Å². The maximum absolute atomic E-state index is 12.3. The van der Waals surface area contributed by atoms with Crippen LogP contribution in [0.5, 0.6) is 5.75 Å². The second-order valence-electron chi connectivity index (χ2n) is 6.15. The summed E-state index contributed by atoms with van der Waals surface area (Å²) in [6, 6.07) is 11.9. The Labute approximate surface area is 156 Å². The molecular formula is C20H20N2O5. The molecule has 0 bridgehead atoms. The molecule has 1 aliphatic rings. The van der Waals surface area contributed by atoms with Gasteiger partial charge in [-0.25, -0.2) is 4.79 Å². The highest BCUT2D eigenvalue weighted by Gasteiger charge is 2.29. The molecule has 2 aromatic rings. The fraction of sp³-hybridized carbons (Fsp3) is 0.250. The van der Waals surface area contributed by atoms with E-state index in [0.29, 0.717) is 22.7 Å². The number of hydrogen-bond donors (Lipinski definition) is 2.